The van der Waals surface area contributed by atoms with Gasteiger partial charge in [0.1, 0.15) is 11.3 Å². The van der Waals surface area contributed by atoms with Gasteiger partial charge in [0.25, 0.3) is 0 Å². The van der Waals surface area contributed by atoms with E-state index in [0.717, 1.165) is 24.3 Å². The molecule has 3 rings (SSSR count). The lowest BCUT2D eigenvalue weighted by Gasteiger charge is -2.22. The van der Waals surface area contributed by atoms with E-state index in [1.165, 1.54) is 24.8 Å². The average Bonchev–Trinajstić information content (AvgIpc) is 2.81. The van der Waals surface area contributed by atoms with Crippen molar-refractivity contribution in [1.29, 1.82) is 0 Å². The van der Waals surface area contributed by atoms with Gasteiger partial charge in [-0.2, -0.15) is 0 Å². The molecule has 1 N–H and O–H groups in total. The molecule has 1 aliphatic rings. The van der Waals surface area contributed by atoms with Crippen molar-refractivity contribution in [2.75, 3.05) is 0 Å². The predicted octanol–water partition coefficient (Wildman–Crippen LogP) is 4.52. The van der Waals surface area contributed by atoms with Crippen LogP contribution in [0.2, 0.25) is 0 Å². The van der Waals surface area contributed by atoms with Crippen LogP contribution in [-0.4, -0.2) is 10.1 Å². The fraction of sp³-hybridized carbons (Fsp3) is 0.438. The Labute approximate surface area is 113 Å². The summed E-state index contributed by atoms with van der Waals surface area (Å²) in [5.41, 5.74) is 2.88. The fourth-order valence-corrected chi connectivity index (χ4v) is 2.77. The number of hydrogen-bond donors (Lipinski definition) is 1. The molecular formula is C16H19NO2. The van der Waals surface area contributed by atoms with Crippen LogP contribution in [-0.2, 0) is 0 Å². The Morgan fingerprint density at radius 1 is 1.37 bits per heavy atom. The Kier molecular flexibility index (Phi) is 3.28. The van der Waals surface area contributed by atoms with Crippen molar-refractivity contribution in [3.05, 3.63) is 29.7 Å². The maximum Gasteiger partial charge on any atom is 0.219 e. The van der Waals surface area contributed by atoms with E-state index in [1.54, 1.807) is 18.2 Å². The highest BCUT2D eigenvalue weighted by Crippen LogP contribution is 2.31. The van der Waals surface area contributed by atoms with Gasteiger partial charge in [0, 0.05) is 6.07 Å². The Hall–Kier alpha value is -1.77. The van der Waals surface area contributed by atoms with Crippen molar-refractivity contribution >= 4 is 17.2 Å². The number of aromatic nitrogens is 1. The second kappa shape index (κ2) is 5.08. The van der Waals surface area contributed by atoms with Gasteiger partial charge in [0.15, 0.2) is 5.58 Å². The predicted molar refractivity (Wildman–Crippen MR) is 75.9 cm³/mol. The highest BCUT2D eigenvalue weighted by Gasteiger charge is 2.15. The number of nitrogens with zero attached hydrogens (tertiary/aromatic N) is 1. The van der Waals surface area contributed by atoms with E-state index in [1.807, 2.05) is 0 Å². The molecule has 1 heterocycles. The molecule has 1 aromatic heterocycles. The summed E-state index contributed by atoms with van der Waals surface area (Å²) in [6, 6.07) is 5.02. The van der Waals surface area contributed by atoms with Crippen LogP contribution in [0.1, 0.15) is 44.9 Å². The zero-order valence-corrected chi connectivity index (χ0v) is 11.2. The van der Waals surface area contributed by atoms with Crippen LogP contribution in [0, 0.1) is 5.92 Å². The van der Waals surface area contributed by atoms with E-state index < -0.39 is 0 Å². The second-order valence-electron chi connectivity index (χ2n) is 5.36. The second-order valence-corrected chi connectivity index (χ2v) is 5.36. The lowest BCUT2D eigenvalue weighted by molar-refractivity contribution is 0.399. The smallest absolute Gasteiger partial charge is 0.219 e. The van der Waals surface area contributed by atoms with Gasteiger partial charge < -0.3 is 9.52 Å². The largest absolute Gasteiger partial charge is 0.508 e. The number of aromatic hydroxyl groups is 1. The standard InChI is InChI=1S/C16H19NO2/c1-2-11-3-5-12(6-4-11)9-16-17-14-8-7-13(18)10-15(14)19-16/h7-11,18H,2-6H2,1H3. The van der Waals surface area contributed by atoms with Crippen molar-refractivity contribution in [2.45, 2.75) is 39.0 Å². The van der Waals surface area contributed by atoms with Crippen molar-refractivity contribution in [2.24, 2.45) is 5.92 Å². The summed E-state index contributed by atoms with van der Waals surface area (Å²) in [5, 5.41) is 9.41. The molecule has 1 aromatic carbocycles. The van der Waals surface area contributed by atoms with Crippen molar-refractivity contribution in [3.63, 3.8) is 0 Å². The summed E-state index contributed by atoms with van der Waals surface area (Å²) in [6.45, 7) is 2.27. The zero-order valence-electron chi connectivity index (χ0n) is 11.2. The summed E-state index contributed by atoms with van der Waals surface area (Å²) >= 11 is 0. The Morgan fingerprint density at radius 2 is 2.16 bits per heavy atom. The Bertz CT molecular complexity index is 602. The maximum absolute atomic E-state index is 9.41. The maximum atomic E-state index is 9.41. The first-order valence-corrected chi connectivity index (χ1v) is 7.03. The van der Waals surface area contributed by atoms with Crippen LogP contribution >= 0.6 is 0 Å². The number of rotatable bonds is 2. The first kappa shape index (κ1) is 12.3. The van der Waals surface area contributed by atoms with Gasteiger partial charge in [-0.3, -0.25) is 0 Å². The molecule has 3 nitrogen and oxygen atoms in total. The fourth-order valence-electron chi connectivity index (χ4n) is 2.77. The summed E-state index contributed by atoms with van der Waals surface area (Å²) in [7, 11) is 0. The topological polar surface area (TPSA) is 46.3 Å². The molecule has 1 saturated carbocycles. The Balaban J connectivity index is 1.81. The van der Waals surface area contributed by atoms with Crippen LogP contribution in [0.25, 0.3) is 17.2 Å². The summed E-state index contributed by atoms with van der Waals surface area (Å²) in [5.74, 6) is 1.76. The van der Waals surface area contributed by atoms with E-state index in [2.05, 4.69) is 18.0 Å². The zero-order chi connectivity index (χ0) is 13.2. The highest BCUT2D eigenvalue weighted by atomic mass is 16.3. The monoisotopic (exact) mass is 257 g/mol. The average molecular weight is 257 g/mol. The van der Waals surface area contributed by atoms with E-state index in [0.29, 0.717) is 11.5 Å². The third kappa shape index (κ3) is 2.65. The third-order valence-corrected chi connectivity index (χ3v) is 4.04. The molecular weight excluding hydrogens is 238 g/mol. The number of hydrogen-bond acceptors (Lipinski definition) is 3. The molecule has 0 radical (unpaired) electrons. The minimum absolute atomic E-state index is 0.214. The van der Waals surface area contributed by atoms with Crippen molar-refractivity contribution in [1.82, 2.24) is 4.98 Å². The molecule has 0 spiro atoms. The van der Waals surface area contributed by atoms with E-state index in [9.17, 15) is 5.11 Å². The minimum atomic E-state index is 0.214. The van der Waals surface area contributed by atoms with Crippen LogP contribution in [0.5, 0.6) is 5.75 Å². The quantitative estimate of drug-likeness (QED) is 0.860. The molecule has 3 heteroatoms. The summed E-state index contributed by atoms with van der Waals surface area (Å²) < 4.78 is 5.66. The van der Waals surface area contributed by atoms with E-state index in [4.69, 9.17) is 4.42 Å². The van der Waals surface area contributed by atoms with Gasteiger partial charge in [-0.05, 0) is 49.8 Å². The summed E-state index contributed by atoms with van der Waals surface area (Å²) in [4.78, 5) is 4.43. The van der Waals surface area contributed by atoms with Gasteiger partial charge in [-0.1, -0.05) is 18.9 Å². The molecule has 1 fully saturated rings. The van der Waals surface area contributed by atoms with Gasteiger partial charge >= 0.3 is 0 Å². The van der Waals surface area contributed by atoms with Crippen molar-refractivity contribution in [3.8, 4) is 5.75 Å². The molecule has 0 amide bonds. The van der Waals surface area contributed by atoms with Gasteiger partial charge in [0.05, 0.1) is 0 Å². The van der Waals surface area contributed by atoms with Gasteiger partial charge in [0.2, 0.25) is 5.89 Å². The lowest BCUT2D eigenvalue weighted by Crippen LogP contribution is -2.06. The molecule has 0 saturated heterocycles. The van der Waals surface area contributed by atoms with Crippen LogP contribution < -0.4 is 0 Å². The number of benzene rings is 1. The summed E-state index contributed by atoms with van der Waals surface area (Å²) in [6.07, 6.45) is 8.23. The SMILES string of the molecule is CCC1CCC(=Cc2nc3ccc(O)cc3o2)CC1. The van der Waals surface area contributed by atoms with Crippen LogP contribution in [0.4, 0.5) is 0 Å². The first-order chi connectivity index (χ1) is 9.24. The molecule has 19 heavy (non-hydrogen) atoms. The van der Waals surface area contributed by atoms with E-state index >= 15 is 0 Å². The van der Waals surface area contributed by atoms with Crippen molar-refractivity contribution < 1.29 is 9.52 Å². The normalized spacial score (nSPS) is 19.8. The highest BCUT2D eigenvalue weighted by molar-refractivity contribution is 5.75. The molecule has 0 unspecified atom stereocenters. The molecule has 0 atom stereocenters. The van der Waals surface area contributed by atoms with Gasteiger partial charge in [-0.15, -0.1) is 0 Å². The van der Waals surface area contributed by atoms with Crippen LogP contribution in [0.3, 0.4) is 0 Å². The number of phenols is 1. The Morgan fingerprint density at radius 3 is 2.89 bits per heavy atom. The lowest BCUT2D eigenvalue weighted by atomic mass is 9.84. The van der Waals surface area contributed by atoms with Crippen LogP contribution in [0.15, 0.2) is 28.2 Å². The molecule has 1 aliphatic carbocycles. The molecule has 2 aromatic rings. The first-order valence-electron chi connectivity index (χ1n) is 7.03. The van der Waals surface area contributed by atoms with E-state index in [-0.39, 0.29) is 5.75 Å². The molecule has 0 aliphatic heterocycles. The molecule has 0 bridgehead atoms. The third-order valence-electron chi connectivity index (χ3n) is 4.04. The minimum Gasteiger partial charge on any atom is -0.508 e. The molecule has 100 valence electrons. The number of phenolic OH excluding ortho intramolecular Hbond substituents is 1. The number of allylic oxidation sites excluding steroid dienone is 1. The number of fused-ring (bicyclic) bond motifs is 1. The van der Waals surface area contributed by atoms with Gasteiger partial charge in [-0.25, -0.2) is 4.98 Å². The number of oxazole rings is 1.